The SMILES string of the molecule is CCN(Cc1ccccc1)C(=O)CCN(C(C)=O)c1ccccc1C(C)(C)C. The van der Waals surface area contributed by atoms with E-state index in [-0.39, 0.29) is 17.2 Å². The van der Waals surface area contributed by atoms with Gasteiger partial charge in [-0.3, -0.25) is 9.59 Å². The zero-order valence-electron chi connectivity index (χ0n) is 17.7. The standard InChI is InChI=1S/C24H32N2O2/c1-6-25(18-20-12-8-7-9-13-20)23(28)16-17-26(19(2)27)22-15-11-10-14-21(22)24(3,4)5/h7-15H,6,16-18H2,1-5H3. The van der Waals surface area contributed by atoms with E-state index in [1.807, 2.05) is 60.4 Å². The van der Waals surface area contributed by atoms with Crippen LogP contribution in [0.5, 0.6) is 0 Å². The summed E-state index contributed by atoms with van der Waals surface area (Å²) < 4.78 is 0. The van der Waals surface area contributed by atoms with Crippen LogP contribution in [0.25, 0.3) is 0 Å². The Morgan fingerprint density at radius 3 is 2.11 bits per heavy atom. The topological polar surface area (TPSA) is 40.6 Å². The number of carbonyl (C=O) groups is 2. The normalized spacial score (nSPS) is 11.2. The van der Waals surface area contributed by atoms with Crippen molar-refractivity contribution in [3.05, 3.63) is 65.7 Å². The maximum Gasteiger partial charge on any atom is 0.224 e. The second kappa shape index (κ2) is 9.54. The Hall–Kier alpha value is -2.62. The number of para-hydroxylation sites is 1. The van der Waals surface area contributed by atoms with Gasteiger partial charge in [-0.1, -0.05) is 69.3 Å². The number of hydrogen-bond donors (Lipinski definition) is 0. The largest absolute Gasteiger partial charge is 0.339 e. The minimum Gasteiger partial charge on any atom is -0.339 e. The van der Waals surface area contributed by atoms with Gasteiger partial charge in [-0.15, -0.1) is 0 Å². The van der Waals surface area contributed by atoms with E-state index in [1.165, 1.54) is 0 Å². The van der Waals surface area contributed by atoms with Crippen LogP contribution in [0.2, 0.25) is 0 Å². The Bertz CT molecular complexity index is 794. The molecule has 2 aromatic rings. The molecule has 4 heteroatoms. The molecule has 0 N–H and O–H groups in total. The fraction of sp³-hybridized carbons (Fsp3) is 0.417. The molecule has 0 fully saturated rings. The maximum absolute atomic E-state index is 12.8. The summed E-state index contributed by atoms with van der Waals surface area (Å²) in [6.45, 7) is 11.6. The van der Waals surface area contributed by atoms with E-state index in [0.717, 1.165) is 16.8 Å². The molecular formula is C24H32N2O2. The summed E-state index contributed by atoms with van der Waals surface area (Å²) in [5.74, 6) is 0.0152. The summed E-state index contributed by atoms with van der Waals surface area (Å²) in [5, 5.41) is 0. The Balaban J connectivity index is 2.13. The lowest BCUT2D eigenvalue weighted by molar-refractivity contribution is -0.131. The molecule has 0 unspecified atom stereocenters. The van der Waals surface area contributed by atoms with Crippen molar-refractivity contribution in [1.29, 1.82) is 0 Å². The second-order valence-corrected chi connectivity index (χ2v) is 8.08. The molecule has 0 spiro atoms. The molecule has 0 saturated carbocycles. The number of nitrogens with zero attached hydrogens (tertiary/aromatic N) is 2. The molecule has 0 saturated heterocycles. The molecule has 150 valence electrons. The Labute approximate surface area is 169 Å². The van der Waals surface area contributed by atoms with Gasteiger partial charge in [0.1, 0.15) is 0 Å². The van der Waals surface area contributed by atoms with Gasteiger partial charge in [-0.2, -0.15) is 0 Å². The first kappa shape index (κ1) is 21.7. The second-order valence-electron chi connectivity index (χ2n) is 8.08. The van der Waals surface area contributed by atoms with E-state index in [4.69, 9.17) is 0 Å². The van der Waals surface area contributed by atoms with Crippen LogP contribution in [0.15, 0.2) is 54.6 Å². The number of amides is 2. The highest BCUT2D eigenvalue weighted by molar-refractivity contribution is 5.93. The van der Waals surface area contributed by atoms with Gasteiger partial charge < -0.3 is 9.80 Å². The molecule has 0 aromatic heterocycles. The predicted octanol–water partition coefficient (Wildman–Crippen LogP) is 4.78. The zero-order valence-corrected chi connectivity index (χ0v) is 17.7. The number of carbonyl (C=O) groups excluding carboxylic acids is 2. The summed E-state index contributed by atoms with van der Waals surface area (Å²) in [6, 6.07) is 17.9. The molecule has 0 aliphatic heterocycles. The summed E-state index contributed by atoms with van der Waals surface area (Å²) in [5.41, 5.74) is 3.02. The summed E-state index contributed by atoms with van der Waals surface area (Å²) in [6.07, 6.45) is 0.304. The molecule has 2 amide bonds. The first-order chi connectivity index (χ1) is 13.2. The first-order valence-corrected chi connectivity index (χ1v) is 9.93. The van der Waals surface area contributed by atoms with Gasteiger partial charge >= 0.3 is 0 Å². The third-order valence-corrected chi connectivity index (χ3v) is 4.88. The van der Waals surface area contributed by atoms with Crippen LogP contribution >= 0.6 is 0 Å². The number of anilines is 1. The first-order valence-electron chi connectivity index (χ1n) is 9.93. The summed E-state index contributed by atoms with van der Waals surface area (Å²) >= 11 is 0. The maximum atomic E-state index is 12.8. The lowest BCUT2D eigenvalue weighted by Gasteiger charge is -2.30. The average molecular weight is 381 g/mol. The monoisotopic (exact) mass is 380 g/mol. The van der Waals surface area contributed by atoms with E-state index in [0.29, 0.717) is 26.1 Å². The van der Waals surface area contributed by atoms with Gasteiger partial charge in [0.15, 0.2) is 0 Å². The highest BCUT2D eigenvalue weighted by Gasteiger charge is 2.24. The molecular weight excluding hydrogens is 348 g/mol. The lowest BCUT2D eigenvalue weighted by atomic mass is 9.85. The van der Waals surface area contributed by atoms with E-state index >= 15 is 0 Å². The van der Waals surface area contributed by atoms with Crippen molar-refractivity contribution in [2.45, 2.75) is 53.0 Å². The Morgan fingerprint density at radius 1 is 0.929 bits per heavy atom. The summed E-state index contributed by atoms with van der Waals surface area (Å²) in [7, 11) is 0. The molecule has 28 heavy (non-hydrogen) atoms. The summed E-state index contributed by atoms with van der Waals surface area (Å²) in [4.78, 5) is 28.7. The fourth-order valence-electron chi connectivity index (χ4n) is 3.34. The van der Waals surface area contributed by atoms with Crippen LogP contribution in [-0.4, -0.2) is 29.8 Å². The van der Waals surface area contributed by atoms with Gasteiger partial charge in [-0.25, -0.2) is 0 Å². The minimum absolute atomic E-state index is 0.0457. The third-order valence-electron chi connectivity index (χ3n) is 4.88. The molecule has 2 rings (SSSR count). The molecule has 0 aliphatic rings. The van der Waals surface area contributed by atoms with Crippen molar-refractivity contribution >= 4 is 17.5 Å². The molecule has 0 atom stereocenters. The van der Waals surface area contributed by atoms with E-state index in [1.54, 1.807) is 11.8 Å². The highest BCUT2D eigenvalue weighted by Crippen LogP contribution is 2.32. The van der Waals surface area contributed by atoms with E-state index < -0.39 is 0 Å². The van der Waals surface area contributed by atoms with Crippen LogP contribution in [0.4, 0.5) is 5.69 Å². The van der Waals surface area contributed by atoms with Gasteiger partial charge in [0, 0.05) is 38.7 Å². The fourth-order valence-corrected chi connectivity index (χ4v) is 3.34. The van der Waals surface area contributed by atoms with Crippen molar-refractivity contribution in [1.82, 2.24) is 4.90 Å². The molecule has 4 nitrogen and oxygen atoms in total. The van der Waals surface area contributed by atoms with Crippen molar-refractivity contribution in [2.75, 3.05) is 18.0 Å². The zero-order chi connectivity index (χ0) is 20.7. The molecule has 0 radical (unpaired) electrons. The van der Waals surface area contributed by atoms with Crippen LogP contribution in [0, 0.1) is 0 Å². The van der Waals surface area contributed by atoms with Gasteiger partial charge in [0.05, 0.1) is 0 Å². The third kappa shape index (κ3) is 5.69. The smallest absolute Gasteiger partial charge is 0.224 e. The number of rotatable bonds is 7. The Morgan fingerprint density at radius 2 is 1.54 bits per heavy atom. The van der Waals surface area contributed by atoms with Gasteiger partial charge in [-0.05, 0) is 29.5 Å². The predicted molar refractivity (Wildman–Crippen MR) is 115 cm³/mol. The minimum atomic E-state index is -0.0862. The van der Waals surface area contributed by atoms with Crippen LogP contribution in [-0.2, 0) is 21.5 Å². The van der Waals surface area contributed by atoms with E-state index in [2.05, 4.69) is 26.8 Å². The van der Waals surface area contributed by atoms with Gasteiger partial charge in [0.2, 0.25) is 11.8 Å². The molecule has 0 aliphatic carbocycles. The molecule has 0 bridgehead atoms. The average Bonchev–Trinajstić information content (AvgIpc) is 2.66. The van der Waals surface area contributed by atoms with Crippen molar-refractivity contribution in [3.63, 3.8) is 0 Å². The van der Waals surface area contributed by atoms with Crippen LogP contribution in [0.1, 0.15) is 52.2 Å². The van der Waals surface area contributed by atoms with Crippen LogP contribution < -0.4 is 4.90 Å². The van der Waals surface area contributed by atoms with E-state index in [9.17, 15) is 9.59 Å². The Kier molecular flexibility index (Phi) is 7.38. The van der Waals surface area contributed by atoms with Crippen molar-refractivity contribution in [3.8, 4) is 0 Å². The van der Waals surface area contributed by atoms with Crippen LogP contribution in [0.3, 0.4) is 0 Å². The van der Waals surface area contributed by atoms with Crippen molar-refractivity contribution in [2.24, 2.45) is 0 Å². The quantitative estimate of drug-likeness (QED) is 0.694. The number of benzene rings is 2. The van der Waals surface area contributed by atoms with Crippen molar-refractivity contribution < 1.29 is 9.59 Å². The number of hydrogen-bond acceptors (Lipinski definition) is 2. The molecule has 0 heterocycles. The highest BCUT2D eigenvalue weighted by atomic mass is 16.2. The van der Waals surface area contributed by atoms with Gasteiger partial charge in [0.25, 0.3) is 0 Å². The molecule has 2 aromatic carbocycles. The lowest BCUT2D eigenvalue weighted by Crippen LogP contribution is -2.37.